The van der Waals surface area contributed by atoms with Gasteiger partial charge < -0.3 is 26.0 Å². The molecular formula is C31H48N6O3. The number of nitrogens with one attached hydrogen (secondary N) is 2. The van der Waals surface area contributed by atoms with Crippen LogP contribution in [0.4, 0.5) is 0 Å². The fraction of sp³-hybridized carbons (Fsp3) is 0.581. The van der Waals surface area contributed by atoms with Gasteiger partial charge in [-0.05, 0) is 62.3 Å². The molecule has 2 amide bonds. The van der Waals surface area contributed by atoms with Crippen LogP contribution >= 0.6 is 0 Å². The molecule has 1 aromatic heterocycles. The number of aliphatic hydroxyl groups is 1. The van der Waals surface area contributed by atoms with Crippen LogP contribution in [0.2, 0.25) is 0 Å². The van der Waals surface area contributed by atoms with Gasteiger partial charge in [-0.3, -0.25) is 19.9 Å². The lowest BCUT2D eigenvalue weighted by atomic mass is 9.85. The second kappa shape index (κ2) is 14.7. The van der Waals surface area contributed by atoms with Crippen molar-refractivity contribution in [3.8, 4) is 0 Å². The summed E-state index contributed by atoms with van der Waals surface area (Å²) in [5.74, 6) is -0.171. The van der Waals surface area contributed by atoms with Gasteiger partial charge in [0.1, 0.15) is 6.23 Å². The first kappa shape index (κ1) is 31.7. The van der Waals surface area contributed by atoms with Crippen molar-refractivity contribution < 1.29 is 14.7 Å². The van der Waals surface area contributed by atoms with Crippen molar-refractivity contribution in [2.75, 3.05) is 26.7 Å². The van der Waals surface area contributed by atoms with Crippen molar-refractivity contribution in [1.82, 2.24) is 25.4 Å². The number of aliphatic hydroxyl groups excluding tert-OH is 1. The van der Waals surface area contributed by atoms with Crippen LogP contribution in [-0.2, 0) is 22.4 Å². The Morgan fingerprint density at radius 1 is 1.18 bits per heavy atom. The Morgan fingerprint density at radius 3 is 2.50 bits per heavy atom. The summed E-state index contributed by atoms with van der Waals surface area (Å²) in [4.78, 5) is 35.5. The molecule has 5 atom stereocenters. The molecule has 0 saturated carbocycles. The maximum absolute atomic E-state index is 14.0. The van der Waals surface area contributed by atoms with Crippen LogP contribution < -0.4 is 16.4 Å². The summed E-state index contributed by atoms with van der Waals surface area (Å²) in [5.41, 5.74) is 8.08. The quantitative estimate of drug-likeness (QED) is 0.280. The Bertz CT molecular complexity index is 1060. The first-order chi connectivity index (χ1) is 19.0. The zero-order valence-corrected chi connectivity index (χ0v) is 24.7. The monoisotopic (exact) mass is 552 g/mol. The van der Waals surface area contributed by atoms with Crippen molar-refractivity contribution >= 4 is 11.8 Å². The van der Waals surface area contributed by atoms with Crippen LogP contribution in [0.15, 0.2) is 54.9 Å². The lowest BCUT2D eigenvalue weighted by Crippen LogP contribution is -2.60. The van der Waals surface area contributed by atoms with Gasteiger partial charge in [0.25, 0.3) is 0 Å². The van der Waals surface area contributed by atoms with Crippen molar-refractivity contribution in [1.29, 1.82) is 0 Å². The summed E-state index contributed by atoms with van der Waals surface area (Å²) in [7, 11) is 1.78. The van der Waals surface area contributed by atoms with E-state index in [-0.39, 0.29) is 23.9 Å². The van der Waals surface area contributed by atoms with E-state index in [9.17, 15) is 14.7 Å². The number of nitrogens with two attached hydrogens (primary N) is 1. The van der Waals surface area contributed by atoms with E-state index < -0.39 is 23.7 Å². The molecule has 220 valence electrons. The summed E-state index contributed by atoms with van der Waals surface area (Å²) in [6.45, 7) is 9.42. The molecule has 0 bridgehead atoms. The number of benzene rings is 1. The number of rotatable bonds is 13. The number of likely N-dealkylation sites (tertiary alicyclic amines) is 1. The molecule has 9 nitrogen and oxygen atoms in total. The molecule has 1 fully saturated rings. The highest BCUT2D eigenvalue weighted by Crippen LogP contribution is 2.27. The SMILES string of the molecule is CN[C@@H](C)C(O)N[C@H](C(=O)N1CCC[C@H]1CN(CCc1ccccc1)C(=O)[C@H](N)Cc1cccnc1)C(C)(C)C. The number of amides is 2. The minimum absolute atomic E-state index is 0.0486. The van der Waals surface area contributed by atoms with Crippen LogP contribution in [-0.4, -0.2) is 88.8 Å². The number of hydrogen-bond donors (Lipinski definition) is 4. The predicted octanol–water partition coefficient (Wildman–Crippen LogP) is 1.94. The molecule has 5 N–H and O–H groups in total. The van der Waals surface area contributed by atoms with E-state index in [2.05, 4.69) is 27.8 Å². The van der Waals surface area contributed by atoms with Crippen molar-refractivity contribution in [2.24, 2.45) is 11.1 Å². The second-order valence-electron chi connectivity index (χ2n) is 12.0. The number of pyridine rings is 1. The highest BCUT2D eigenvalue weighted by atomic mass is 16.3. The van der Waals surface area contributed by atoms with Crippen LogP contribution in [0, 0.1) is 5.41 Å². The van der Waals surface area contributed by atoms with Gasteiger partial charge >= 0.3 is 0 Å². The highest BCUT2D eigenvalue weighted by Gasteiger charge is 2.41. The maximum atomic E-state index is 14.0. The number of hydrogen-bond acceptors (Lipinski definition) is 7. The van der Waals surface area contributed by atoms with Crippen LogP contribution in [0.25, 0.3) is 0 Å². The Kier molecular flexibility index (Phi) is 11.6. The van der Waals surface area contributed by atoms with Gasteiger partial charge in [-0.1, -0.05) is 57.2 Å². The number of aromatic nitrogens is 1. The minimum atomic E-state index is -0.881. The molecule has 40 heavy (non-hydrogen) atoms. The van der Waals surface area contributed by atoms with Crippen molar-refractivity contribution in [3.05, 3.63) is 66.0 Å². The highest BCUT2D eigenvalue weighted by molar-refractivity contribution is 5.84. The van der Waals surface area contributed by atoms with Gasteiger partial charge in [0.05, 0.1) is 12.1 Å². The topological polar surface area (TPSA) is 124 Å². The van der Waals surface area contributed by atoms with E-state index in [1.54, 1.807) is 19.4 Å². The molecule has 1 aromatic carbocycles. The summed E-state index contributed by atoms with van der Waals surface area (Å²) in [6, 6.07) is 12.2. The fourth-order valence-electron chi connectivity index (χ4n) is 5.20. The van der Waals surface area contributed by atoms with Crippen LogP contribution in [0.3, 0.4) is 0 Å². The summed E-state index contributed by atoms with van der Waals surface area (Å²) in [5, 5.41) is 16.9. The van der Waals surface area contributed by atoms with Crippen LogP contribution in [0.1, 0.15) is 51.7 Å². The molecule has 1 unspecified atom stereocenters. The second-order valence-corrected chi connectivity index (χ2v) is 12.0. The molecule has 1 aliphatic heterocycles. The van der Waals surface area contributed by atoms with E-state index in [4.69, 9.17) is 5.73 Å². The van der Waals surface area contributed by atoms with E-state index in [1.165, 1.54) is 0 Å². The van der Waals surface area contributed by atoms with E-state index in [0.717, 1.165) is 24.0 Å². The van der Waals surface area contributed by atoms with Gasteiger partial charge in [-0.25, -0.2) is 0 Å². The Labute approximate surface area is 239 Å². The van der Waals surface area contributed by atoms with E-state index >= 15 is 0 Å². The molecule has 1 aliphatic rings. The minimum Gasteiger partial charge on any atom is -0.377 e. The number of nitrogens with zero attached hydrogens (tertiary/aromatic N) is 3. The fourth-order valence-corrected chi connectivity index (χ4v) is 5.20. The number of likely N-dealkylation sites (N-methyl/N-ethyl adjacent to an activating group) is 1. The zero-order valence-electron chi connectivity index (χ0n) is 24.7. The molecule has 2 aromatic rings. The zero-order chi connectivity index (χ0) is 29.3. The van der Waals surface area contributed by atoms with Crippen LogP contribution in [0.5, 0.6) is 0 Å². The first-order valence-corrected chi connectivity index (χ1v) is 14.4. The third kappa shape index (κ3) is 8.83. The number of carbonyl (C=O) groups is 2. The molecular weight excluding hydrogens is 504 g/mol. The van der Waals surface area contributed by atoms with Gasteiger partial charge in [0.2, 0.25) is 11.8 Å². The van der Waals surface area contributed by atoms with E-state index in [0.29, 0.717) is 32.5 Å². The largest absolute Gasteiger partial charge is 0.377 e. The van der Waals surface area contributed by atoms with Gasteiger partial charge in [0, 0.05) is 44.1 Å². The van der Waals surface area contributed by atoms with Crippen molar-refractivity contribution in [3.63, 3.8) is 0 Å². The average Bonchev–Trinajstić information content (AvgIpc) is 3.41. The lowest BCUT2D eigenvalue weighted by Gasteiger charge is -2.39. The van der Waals surface area contributed by atoms with Crippen molar-refractivity contribution in [2.45, 2.75) is 83.8 Å². The number of carbonyl (C=O) groups excluding carboxylic acids is 2. The molecule has 2 heterocycles. The summed E-state index contributed by atoms with van der Waals surface area (Å²) < 4.78 is 0. The first-order valence-electron chi connectivity index (χ1n) is 14.4. The normalized spacial score (nSPS) is 18.7. The molecule has 1 saturated heterocycles. The smallest absolute Gasteiger partial charge is 0.240 e. The van der Waals surface area contributed by atoms with E-state index in [1.807, 2.05) is 67.8 Å². The Hall–Kier alpha value is -2.85. The molecule has 3 rings (SSSR count). The summed E-state index contributed by atoms with van der Waals surface area (Å²) in [6.07, 6.45) is 5.34. The average molecular weight is 553 g/mol. The molecule has 9 heteroatoms. The molecule has 0 spiro atoms. The predicted molar refractivity (Wildman–Crippen MR) is 158 cm³/mol. The maximum Gasteiger partial charge on any atom is 0.240 e. The summed E-state index contributed by atoms with van der Waals surface area (Å²) >= 11 is 0. The Balaban J connectivity index is 1.78. The lowest BCUT2D eigenvalue weighted by molar-refractivity contribution is -0.141. The third-order valence-electron chi connectivity index (χ3n) is 7.79. The van der Waals surface area contributed by atoms with Gasteiger partial charge in [-0.2, -0.15) is 0 Å². The standard InChI is InChI=1S/C31H48N6O3/c1-22(33-5)28(38)35-27(31(2,3)4)30(40)37-17-10-14-25(37)21-36(18-15-23-11-7-6-8-12-23)29(39)26(32)19-24-13-9-16-34-20-24/h6-9,11-13,16,20,22,25-28,33,35,38H,10,14-15,17-19,21,32H2,1-5H3/t22-,25-,26+,27+,28?/m0/s1. The molecule has 0 aliphatic carbocycles. The third-order valence-corrected chi connectivity index (χ3v) is 7.79. The van der Waals surface area contributed by atoms with Gasteiger partial charge in [-0.15, -0.1) is 0 Å². The van der Waals surface area contributed by atoms with Gasteiger partial charge in [0.15, 0.2) is 0 Å². The molecule has 0 radical (unpaired) electrons. The Morgan fingerprint density at radius 2 is 1.88 bits per heavy atom.